The zero-order valence-electron chi connectivity index (χ0n) is 17.0. The first kappa shape index (κ1) is 22.3. The van der Waals surface area contributed by atoms with Gasteiger partial charge in [-0.2, -0.15) is 0 Å². The summed E-state index contributed by atoms with van der Waals surface area (Å²) in [7, 11) is 3.38. The lowest BCUT2D eigenvalue weighted by molar-refractivity contribution is -0.134. The molecule has 1 heterocycles. The first-order valence-electron chi connectivity index (χ1n) is 9.62. The lowest BCUT2D eigenvalue weighted by Gasteiger charge is -2.35. The van der Waals surface area contributed by atoms with Gasteiger partial charge >= 0.3 is 0 Å². The molecule has 156 valence electrons. The first-order chi connectivity index (χ1) is 13.4. The fourth-order valence-electron chi connectivity index (χ4n) is 3.14. The van der Waals surface area contributed by atoms with Gasteiger partial charge in [0, 0.05) is 46.9 Å². The Morgan fingerprint density at radius 3 is 2.29 bits per heavy atom. The van der Waals surface area contributed by atoms with E-state index in [0.29, 0.717) is 26.2 Å². The fourth-order valence-corrected chi connectivity index (χ4v) is 3.14. The summed E-state index contributed by atoms with van der Waals surface area (Å²) in [6.45, 7) is 6.66. The van der Waals surface area contributed by atoms with Crippen LogP contribution in [0.2, 0.25) is 0 Å². The van der Waals surface area contributed by atoms with E-state index in [1.807, 2.05) is 6.92 Å². The van der Waals surface area contributed by atoms with E-state index in [1.165, 1.54) is 12.1 Å². The maximum Gasteiger partial charge on any atom is 0.236 e. The minimum atomic E-state index is -0.282. The van der Waals surface area contributed by atoms with Crippen molar-refractivity contribution in [3.8, 4) is 0 Å². The van der Waals surface area contributed by atoms with Crippen molar-refractivity contribution in [2.75, 3.05) is 66.6 Å². The maximum absolute atomic E-state index is 13.1. The van der Waals surface area contributed by atoms with Gasteiger partial charge in [-0.1, -0.05) is 12.1 Å². The summed E-state index contributed by atoms with van der Waals surface area (Å²) in [5, 5.41) is 2.82. The second-order valence-electron chi connectivity index (χ2n) is 7.13. The number of hydrogen-bond donors (Lipinski definition) is 1. The molecule has 0 spiro atoms. The summed E-state index contributed by atoms with van der Waals surface area (Å²) in [6.07, 6.45) is 0. The number of methoxy groups -OCH3 is 1. The van der Waals surface area contributed by atoms with Crippen molar-refractivity contribution in [2.45, 2.75) is 13.0 Å². The highest BCUT2D eigenvalue weighted by atomic mass is 19.1. The van der Waals surface area contributed by atoms with Crippen LogP contribution in [-0.2, 0) is 14.3 Å². The van der Waals surface area contributed by atoms with E-state index in [9.17, 15) is 14.0 Å². The van der Waals surface area contributed by atoms with Crippen LogP contribution in [-0.4, -0.2) is 93.1 Å². The highest BCUT2D eigenvalue weighted by Crippen LogP contribution is 2.19. The monoisotopic (exact) mass is 394 g/mol. The smallest absolute Gasteiger partial charge is 0.236 e. The molecule has 1 aliphatic rings. The number of hydrogen-bond acceptors (Lipinski definition) is 5. The third-order valence-electron chi connectivity index (χ3n) is 5.15. The Bertz CT molecular complexity index is 633. The number of ether oxygens (including phenoxy) is 1. The van der Waals surface area contributed by atoms with E-state index in [2.05, 4.69) is 15.1 Å². The Balaban J connectivity index is 1.73. The SMILES string of the molecule is COCCNC(=O)CN1CCN(CC(=O)N(C)C(C)c2ccc(F)cc2)CC1. The molecule has 1 aliphatic heterocycles. The molecule has 1 aromatic carbocycles. The molecular formula is C20H31FN4O3. The van der Waals surface area contributed by atoms with Crippen molar-refractivity contribution in [1.82, 2.24) is 20.0 Å². The average molecular weight is 394 g/mol. The van der Waals surface area contributed by atoms with E-state index >= 15 is 0 Å². The standard InChI is InChI=1S/C20H31FN4O3/c1-16(17-4-6-18(21)7-5-17)23(2)20(27)15-25-11-9-24(10-12-25)14-19(26)22-8-13-28-3/h4-7,16H,8-15H2,1-3H3,(H,22,26). The average Bonchev–Trinajstić information content (AvgIpc) is 2.69. The van der Waals surface area contributed by atoms with Crippen molar-refractivity contribution >= 4 is 11.8 Å². The fraction of sp³-hybridized carbons (Fsp3) is 0.600. The molecule has 0 aliphatic carbocycles. The van der Waals surface area contributed by atoms with Crippen LogP contribution in [0.25, 0.3) is 0 Å². The Labute approximate surface area is 166 Å². The summed E-state index contributed by atoms with van der Waals surface area (Å²) >= 11 is 0. The molecule has 1 unspecified atom stereocenters. The zero-order chi connectivity index (χ0) is 20.5. The third kappa shape index (κ3) is 6.85. The summed E-state index contributed by atoms with van der Waals surface area (Å²) in [5.74, 6) is -0.257. The Hall–Kier alpha value is -2.03. The number of amides is 2. The number of rotatable bonds is 9. The lowest BCUT2D eigenvalue weighted by Crippen LogP contribution is -2.51. The predicted molar refractivity (Wildman–Crippen MR) is 105 cm³/mol. The van der Waals surface area contributed by atoms with Crippen molar-refractivity contribution in [3.63, 3.8) is 0 Å². The Morgan fingerprint density at radius 2 is 1.71 bits per heavy atom. The molecule has 28 heavy (non-hydrogen) atoms. The Morgan fingerprint density at radius 1 is 1.14 bits per heavy atom. The lowest BCUT2D eigenvalue weighted by atomic mass is 10.1. The molecule has 0 saturated carbocycles. The van der Waals surface area contributed by atoms with E-state index in [4.69, 9.17) is 4.74 Å². The largest absolute Gasteiger partial charge is 0.383 e. The number of nitrogens with one attached hydrogen (secondary N) is 1. The molecule has 0 aromatic heterocycles. The minimum absolute atomic E-state index is 0.00516. The summed E-state index contributed by atoms with van der Waals surface area (Å²) in [5.41, 5.74) is 0.904. The molecular weight excluding hydrogens is 363 g/mol. The second kappa shape index (κ2) is 11.1. The van der Waals surface area contributed by atoms with Gasteiger partial charge in [0.25, 0.3) is 0 Å². The number of carbonyl (C=O) groups is 2. The van der Waals surface area contributed by atoms with Crippen LogP contribution in [0.3, 0.4) is 0 Å². The molecule has 1 saturated heterocycles. The van der Waals surface area contributed by atoms with Crippen molar-refractivity contribution in [1.29, 1.82) is 0 Å². The number of piperazine rings is 1. The highest BCUT2D eigenvalue weighted by Gasteiger charge is 2.23. The van der Waals surface area contributed by atoms with Crippen LogP contribution in [0, 0.1) is 5.82 Å². The van der Waals surface area contributed by atoms with Crippen LogP contribution in [0.5, 0.6) is 0 Å². The molecule has 1 atom stereocenters. The summed E-state index contributed by atoms with van der Waals surface area (Å²) in [6, 6.07) is 6.12. The van der Waals surface area contributed by atoms with Gasteiger partial charge in [-0.15, -0.1) is 0 Å². The molecule has 7 nitrogen and oxygen atoms in total. The van der Waals surface area contributed by atoms with Crippen LogP contribution in [0.15, 0.2) is 24.3 Å². The molecule has 1 N–H and O–H groups in total. The van der Waals surface area contributed by atoms with Gasteiger partial charge in [0.15, 0.2) is 0 Å². The maximum atomic E-state index is 13.1. The van der Waals surface area contributed by atoms with E-state index < -0.39 is 0 Å². The van der Waals surface area contributed by atoms with Gasteiger partial charge in [-0.25, -0.2) is 4.39 Å². The number of likely N-dealkylation sites (N-methyl/N-ethyl adjacent to an activating group) is 1. The minimum Gasteiger partial charge on any atom is -0.383 e. The molecule has 1 fully saturated rings. The van der Waals surface area contributed by atoms with E-state index in [0.717, 1.165) is 31.7 Å². The number of halogens is 1. The van der Waals surface area contributed by atoms with Gasteiger partial charge < -0.3 is 15.0 Å². The summed E-state index contributed by atoms with van der Waals surface area (Å²) in [4.78, 5) is 30.4. The zero-order valence-corrected chi connectivity index (χ0v) is 17.0. The topological polar surface area (TPSA) is 65.1 Å². The van der Waals surface area contributed by atoms with Crippen LogP contribution >= 0.6 is 0 Å². The van der Waals surface area contributed by atoms with Gasteiger partial charge in [-0.05, 0) is 24.6 Å². The Kier molecular flexibility index (Phi) is 8.82. The second-order valence-corrected chi connectivity index (χ2v) is 7.13. The molecule has 0 bridgehead atoms. The van der Waals surface area contributed by atoms with E-state index in [1.54, 1.807) is 31.2 Å². The van der Waals surface area contributed by atoms with Crippen molar-refractivity contribution in [2.24, 2.45) is 0 Å². The molecule has 8 heteroatoms. The quantitative estimate of drug-likeness (QED) is 0.626. The molecule has 1 aromatic rings. The van der Waals surface area contributed by atoms with Gasteiger partial charge in [0.05, 0.1) is 25.7 Å². The van der Waals surface area contributed by atoms with Crippen LogP contribution in [0.4, 0.5) is 4.39 Å². The van der Waals surface area contributed by atoms with Gasteiger partial charge in [-0.3, -0.25) is 19.4 Å². The number of carbonyl (C=O) groups excluding carboxylic acids is 2. The van der Waals surface area contributed by atoms with Crippen molar-refractivity contribution < 1.29 is 18.7 Å². The van der Waals surface area contributed by atoms with E-state index in [-0.39, 0.29) is 23.7 Å². The number of benzene rings is 1. The molecule has 0 radical (unpaired) electrons. The molecule has 2 amide bonds. The normalized spacial score (nSPS) is 16.6. The highest BCUT2D eigenvalue weighted by molar-refractivity contribution is 5.79. The van der Waals surface area contributed by atoms with Crippen LogP contribution in [0.1, 0.15) is 18.5 Å². The third-order valence-corrected chi connectivity index (χ3v) is 5.15. The van der Waals surface area contributed by atoms with Crippen molar-refractivity contribution in [3.05, 3.63) is 35.6 Å². The number of nitrogens with zero attached hydrogens (tertiary/aromatic N) is 3. The van der Waals surface area contributed by atoms with Crippen LogP contribution < -0.4 is 5.32 Å². The summed E-state index contributed by atoms with van der Waals surface area (Å²) < 4.78 is 18.0. The van der Waals surface area contributed by atoms with Gasteiger partial charge in [0.1, 0.15) is 5.82 Å². The predicted octanol–water partition coefficient (Wildman–Crippen LogP) is 0.725. The first-order valence-corrected chi connectivity index (χ1v) is 9.62. The molecule has 2 rings (SSSR count). The van der Waals surface area contributed by atoms with Gasteiger partial charge in [0.2, 0.25) is 11.8 Å².